The Kier molecular flexibility index (Phi) is 7.06. The van der Waals surface area contributed by atoms with E-state index in [1.807, 2.05) is 19.1 Å². The van der Waals surface area contributed by atoms with E-state index in [4.69, 9.17) is 14.2 Å². The van der Waals surface area contributed by atoms with Gasteiger partial charge < -0.3 is 14.2 Å². The van der Waals surface area contributed by atoms with Crippen molar-refractivity contribution in [2.24, 2.45) is 5.92 Å². The molecule has 0 N–H and O–H groups in total. The largest absolute Gasteiger partial charge is 0.497 e. The van der Waals surface area contributed by atoms with E-state index in [0.29, 0.717) is 18.9 Å². The number of nitrogens with zero attached hydrogens (tertiary/aromatic N) is 1. The molecule has 0 radical (unpaired) electrons. The highest BCUT2D eigenvalue weighted by molar-refractivity contribution is 5.69. The summed E-state index contributed by atoms with van der Waals surface area (Å²) in [5.74, 6) is 0.971. The zero-order chi connectivity index (χ0) is 17.5. The molecule has 3 atom stereocenters. The zero-order valence-electron chi connectivity index (χ0n) is 15.2. The van der Waals surface area contributed by atoms with Crippen molar-refractivity contribution in [3.05, 3.63) is 29.8 Å². The first-order valence-corrected chi connectivity index (χ1v) is 8.57. The van der Waals surface area contributed by atoms with Gasteiger partial charge in [0.1, 0.15) is 5.75 Å². The van der Waals surface area contributed by atoms with E-state index in [1.165, 1.54) is 5.56 Å². The number of hydrogen-bond acceptors (Lipinski definition) is 5. The third-order valence-corrected chi connectivity index (χ3v) is 4.78. The molecule has 134 valence electrons. The Hall–Kier alpha value is -1.59. The summed E-state index contributed by atoms with van der Waals surface area (Å²) in [5.41, 5.74) is 1.24. The third kappa shape index (κ3) is 4.95. The number of hydrogen-bond donors (Lipinski definition) is 0. The van der Waals surface area contributed by atoms with Gasteiger partial charge in [0, 0.05) is 19.1 Å². The number of rotatable bonds is 7. The number of ether oxygens (including phenoxy) is 3. The van der Waals surface area contributed by atoms with E-state index in [1.54, 1.807) is 14.2 Å². The van der Waals surface area contributed by atoms with Crippen LogP contribution in [-0.2, 0) is 14.3 Å². The molecule has 5 heteroatoms. The molecule has 1 aromatic carbocycles. The molecule has 0 bridgehead atoms. The quantitative estimate of drug-likeness (QED) is 0.717. The molecule has 24 heavy (non-hydrogen) atoms. The van der Waals surface area contributed by atoms with Crippen molar-refractivity contribution >= 4 is 5.97 Å². The Balaban J connectivity index is 2.01. The number of methoxy groups -OCH3 is 2. The van der Waals surface area contributed by atoms with Crippen LogP contribution in [0.25, 0.3) is 0 Å². The molecule has 0 aliphatic carbocycles. The molecule has 0 spiro atoms. The zero-order valence-corrected chi connectivity index (χ0v) is 15.2. The molecule has 1 saturated heterocycles. The summed E-state index contributed by atoms with van der Waals surface area (Å²) in [5, 5.41) is 0. The van der Waals surface area contributed by atoms with Crippen molar-refractivity contribution in [1.82, 2.24) is 4.90 Å². The Labute approximate surface area is 144 Å². The number of carbonyl (C=O) groups excluding carboxylic acids is 1. The van der Waals surface area contributed by atoms with Gasteiger partial charge in [-0.05, 0) is 51.1 Å². The minimum atomic E-state index is -0.189. The second-order valence-corrected chi connectivity index (χ2v) is 6.53. The molecular formula is C19H29NO4. The molecule has 2 rings (SSSR count). The maximum Gasteiger partial charge on any atom is 0.308 e. The van der Waals surface area contributed by atoms with Gasteiger partial charge in [-0.1, -0.05) is 12.1 Å². The van der Waals surface area contributed by atoms with Crippen LogP contribution in [0.3, 0.4) is 0 Å². The summed E-state index contributed by atoms with van der Waals surface area (Å²) in [6, 6.07) is 8.44. The predicted octanol–water partition coefficient (Wildman–Crippen LogP) is 3.05. The number of piperidine rings is 1. The first-order chi connectivity index (χ1) is 11.5. The maximum absolute atomic E-state index is 11.9. The van der Waals surface area contributed by atoms with Gasteiger partial charge in [-0.25, -0.2) is 0 Å². The third-order valence-electron chi connectivity index (χ3n) is 4.78. The van der Waals surface area contributed by atoms with E-state index < -0.39 is 0 Å². The molecule has 5 nitrogen and oxygen atoms in total. The molecule has 1 aliphatic heterocycles. The Morgan fingerprint density at radius 3 is 2.62 bits per heavy atom. The Morgan fingerprint density at radius 1 is 1.29 bits per heavy atom. The normalized spacial score (nSPS) is 22.8. The molecule has 0 saturated carbocycles. The molecule has 1 fully saturated rings. The molecule has 0 unspecified atom stereocenters. The van der Waals surface area contributed by atoms with Crippen molar-refractivity contribution in [3.63, 3.8) is 0 Å². The van der Waals surface area contributed by atoms with Crippen molar-refractivity contribution in [1.29, 1.82) is 0 Å². The van der Waals surface area contributed by atoms with Gasteiger partial charge >= 0.3 is 5.97 Å². The average Bonchev–Trinajstić information content (AvgIpc) is 2.60. The van der Waals surface area contributed by atoms with E-state index in [9.17, 15) is 4.79 Å². The standard InChI is InChI=1S/C19H29NO4/c1-14(22-3)12-18(21)24-13-16-6-5-11-20(2)19(16)15-7-9-17(23-4)10-8-15/h7-10,14,16,19H,5-6,11-13H2,1-4H3/t14-,16+,19-/m1/s1. The van der Waals surface area contributed by atoms with E-state index >= 15 is 0 Å². The second-order valence-electron chi connectivity index (χ2n) is 6.53. The van der Waals surface area contributed by atoms with Crippen molar-refractivity contribution in [2.45, 2.75) is 38.3 Å². The fourth-order valence-electron chi connectivity index (χ4n) is 3.34. The van der Waals surface area contributed by atoms with Crippen LogP contribution < -0.4 is 4.74 Å². The van der Waals surface area contributed by atoms with Crippen molar-refractivity contribution in [2.75, 3.05) is 34.4 Å². The van der Waals surface area contributed by atoms with Crippen LogP contribution in [0.1, 0.15) is 37.8 Å². The minimum Gasteiger partial charge on any atom is -0.497 e. The monoisotopic (exact) mass is 335 g/mol. The van der Waals surface area contributed by atoms with Crippen LogP contribution >= 0.6 is 0 Å². The van der Waals surface area contributed by atoms with Gasteiger partial charge in [-0.3, -0.25) is 9.69 Å². The summed E-state index contributed by atoms with van der Waals surface area (Å²) in [6.45, 7) is 3.38. The van der Waals surface area contributed by atoms with E-state index in [2.05, 4.69) is 24.1 Å². The fourth-order valence-corrected chi connectivity index (χ4v) is 3.34. The average molecular weight is 335 g/mol. The first-order valence-electron chi connectivity index (χ1n) is 8.57. The number of esters is 1. The Bertz CT molecular complexity index is 517. The van der Waals surface area contributed by atoms with Gasteiger partial charge in [0.05, 0.1) is 26.2 Å². The molecule has 1 heterocycles. The van der Waals surface area contributed by atoms with E-state index in [0.717, 1.165) is 25.1 Å². The summed E-state index contributed by atoms with van der Waals surface area (Å²) >= 11 is 0. The highest BCUT2D eigenvalue weighted by atomic mass is 16.5. The lowest BCUT2D eigenvalue weighted by Gasteiger charge is -2.39. The fraction of sp³-hybridized carbons (Fsp3) is 0.632. The SMILES string of the molecule is COc1ccc([C@@H]2[C@H](COC(=O)C[C@@H](C)OC)CCCN2C)cc1. The summed E-state index contributed by atoms with van der Waals surface area (Å²) < 4.78 is 15.9. The highest BCUT2D eigenvalue weighted by Crippen LogP contribution is 2.35. The van der Waals surface area contributed by atoms with Crippen molar-refractivity contribution in [3.8, 4) is 5.75 Å². The smallest absolute Gasteiger partial charge is 0.308 e. The van der Waals surface area contributed by atoms with E-state index in [-0.39, 0.29) is 18.1 Å². The summed E-state index contributed by atoms with van der Waals surface area (Å²) in [4.78, 5) is 14.3. The lowest BCUT2D eigenvalue weighted by molar-refractivity contribution is -0.148. The van der Waals surface area contributed by atoms with Crippen LogP contribution in [-0.4, -0.2) is 51.4 Å². The summed E-state index contributed by atoms with van der Waals surface area (Å²) in [7, 11) is 5.41. The van der Waals surface area contributed by atoms with Gasteiger partial charge in [-0.2, -0.15) is 0 Å². The van der Waals surface area contributed by atoms with Crippen molar-refractivity contribution < 1.29 is 19.0 Å². The van der Waals surface area contributed by atoms with Gasteiger partial charge in [0.2, 0.25) is 0 Å². The number of carbonyl (C=O) groups is 1. The van der Waals surface area contributed by atoms with Crippen LogP contribution in [0.2, 0.25) is 0 Å². The molecule has 0 amide bonds. The van der Waals surface area contributed by atoms with Gasteiger partial charge in [0.15, 0.2) is 0 Å². The first kappa shape index (κ1) is 18.7. The number of likely N-dealkylation sites (tertiary alicyclic amines) is 1. The topological polar surface area (TPSA) is 48.0 Å². The molecular weight excluding hydrogens is 306 g/mol. The van der Waals surface area contributed by atoms with Crippen LogP contribution in [0.15, 0.2) is 24.3 Å². The lowest BCUT2D eigenvalue weighted by Crippen LogP contribution is -2.38. The summed E-state index contributed by atoms with van der Waals surface area (Å²) in [6.07, 6.45) is 2.38. The number of benzene rings is 1. The van der Waals surface area contributed by atoms with Gasteiger partial charge in [-0.15, -0.1) is 0 Å². The minimum absolute atomic E-state index is 0.107. The lowest BCUT2D eigenvalue weighted by atomic mass is 9.85. The van der Waals surface area contributed by atoms with Crippen LogP contribution in [0, 0.1) is 5.92 Å². The van der Waals surface area contributed by atoms with Crippen LogP contribution in [0.4, 0.5) is 0 Å². The molecule has 0 aromatic heterocycles. The highest BCUT2D eigenvalue weighted by Gasteiger charge is 2.31. The van der Waals surface area contributed by atoms with Crippen LogP contribution in [0.5, 0.6) is 5.75 Å². The maximum atomic E-state index is 11.9. The predicted molar refractivity (Wildman–Crippen MR) is 93.1 cm³/mol. The molecule has 1 aliphatic rings. The molecule has 1 aromatic rings. The van der Waals surface area contributed by atoms with Gasteiger partial charge in [0.25, 0.3) is 0 Å². The Morgan fingerprint density at radius 2 is 2.00 bits per heavy atom. The second kappa shape index (κ2) is 9.04.